The van der Waals surface area contributed by atoms with Crippen molar-refractivity contribution in [3.63, 3.8) is 0 Å². The first-order chi connectivity index (χ1) is 10.6. The van der Waals surface area contributed by atoms with Crippen molar-refractivity contribution in [3.8, 4) is 5.75 Å². The molecule has 2 N–H and O–H groups in total. The van der Waals surface area contributed by atoms with Crippen molar-refractivity contribution in [2.24, 2.45) is 5.92 Å². The van der Waals surface area contributed by atoms with Crippen molar-refractivity contribution in [1.82, 2.24) is 14.5 Å². The molecule has 136 valence electrons. The minimum atomic E-state index is -0.0202. The Labute approximate surface area is 185 Å². The molecular weight excluding hydrogens is 529 g/mol. The van der Waals surface area contributed by atoms with Crippen molar-refractivity contribution in [2.75, 3.05) is 0 Å². The van der Waals surface area contributed by atoms with Gasteiger partial charge < -0.3 is 65.6 Å². The maximum Gasteiger partial charge on any atom is 3.00 e. The summed E-state index contributed by atoms with van der Waals surface area (Å²) >= 11 is 0. The molecule has 26 heavy (non-hydrogen) atoms. The van der Waals surface area contributed by atoms with Crippen molar-refractivity contribution in [3.05, 3.63) is 47.7 Å². The third kappa shape index (κ3) is 4.26. The van der Waals surface area contributed by atoms with E-state index in [-0.39, 0.29) is 76.8 Å². The Hall–Kier alpha value is -1.06. The topological polar surface area (TPSA) is 70.9 Å². The molecule has 2 heterocycles. The van der Waals surface area contributed by atoms with E-state index in [0.717, 1.165) is 40.8 Å². The summed E-state index contributed by atoms with van der Waals surface area (Å²) in [6.07, 6.45) is 5.38. The second-order valence-electron chi connectivity index (χ2n) is 5.94. The molecule has 1 aromatic carbocycles. The average Bonchev–Trinajstić information content (AvgIpc) is 3.05. The number of imidazole rings is 1. The van der Waals surface area contributed by atoms with Gasteiger partial charge in [-0.3, -0.25) is 4.79 Å². The van der Waals surface area contributed by atoms with Crippen LogP contribution < -0.4 is 50.9 Å². The Kier molecular flexibility index (Phi) is 9.36. The number of fused-ring (bicyclic) bond motifs is 3. The zero-order valence-electron chi connectivity index (χ0n) is 14.0. The van der Waals surface area contributed by atoms with Crippen LogP contribution in [0.25, 0.3) is 10.9 Å². The summed E-state index contributed by atoms with van der Waals surface area (Å²) in [5, 5.41) is 10.5. The number of phenolic OH excluding ortho intramolecular Hbond substituents is 1. The molecular formula is C17H17BBr3N3O2. The molecule has 1 aliphatic carbocycles. The van der Waals surface area contributed by atoms with Crippen LogP contribution in [0.5, 0.6) is 5.75 Å². The number of H-pyrrole nitrogens is 1. The molecule has 0 bridgehead atoms. The number of aromatic nitrogens is 3. The van der Waals surface area contributed by atoms with Gasteiger partial charge in [-0.25, -0.2) is 4.98 Å². The molecule has 4 rings (SSSR count). The number of Topliss-reactive ketones (excluding diaryl/α,β-unsaturated/α-hetero) is 1. The summed E-state index contributed by atoms with van der Waals surface area (Å²) in [5.74, 6) is 1.31. The standard InChI is InChI=1S/C17H17N3O2.B.3BrH/c1-10-18-6-7-20(10)9-11-2-5-14-16(17(11)22)13-4-3-12(21)8-15(13)19-14;;;;/h3-4,6-8,11,19,21H,2,5,9H2,1H3;;3*1H/q;+3;;;/p-3. The number of aromatic amines is 1. The summed E-state index contributed by atoms with van der Waals surface area (Å²) in [7, 11) is 0. The molecule has 1 aliphatic rings. The van der Waals surface area contributed by atoms with Crippen LogP contribution >= 0.6 is 0 Å². The zero-order valence-corrected chi connectivity index (χ0v) is 18.8. The van der Waals surface area contributed by atoms with Crippen LogP contribution in [0.2, 0.25) is 0 Å². The molecule has 0 aliphatic heterocycles. The molecule has 0 saturated carbocycles. The number of carbonyl (C=O) groups excluding carboxylic acids is 1. The minimum Gasteiger partial charge on any atom is -1.00 e. The van der Waals surface area contributed by atoms with Crippen LogP contribution in [0.1, 0.15) is 28.3 Å². The van der Waals surface area contributed by atoms with Crippen LogP contribution in [-0.2, 0) is 13.0 Å². The van der Waals surface area contributed by atoms with E-state index in [1.165, 1.54) is 0 Å². The van der Waals surface area contributed by atoms with Crippen molar-refractivity contribution < 1.29 is 60.8 Å². The van der Waals surface area contributed by atoms with E-state index < -0.39 is 0 Å². The molecule has 0 saturated heterocycles. The Morgan fingerprint density at radius 1 is 1.31 bits per heavy atom. The number of nitrogens with zero attached hydrogens (tertiary/aromatic N) is 2. The van der Waals surface area contributed by atoms with Gasteiger partial charge >= 0.3 is 8.41 Å². The van der Waals surface area contributed by atoms with Gasteiger partial charge in [-0.15, -0.1) is 0 Å². The fourth-order valence-corrected chi connectivity index (χ4v) is 3.37. The number of aromatic hydroxyl groups is 1. The number of halogens is 3. The fraction of sp³-hybridized carbons (Fsp3) is 0.294. The van der Waals surface area contributed by atoms with Gasteiger partial charge in [-0.2, -0.15) is 0 Å². The number of benzene rings is 1. The summed E-state index contributed by atoms with van der Waals surface area (Å²) < 4.78 is 2.04. The minimum absolute atomic E-state index is 0. The van der Waals surface area contributed by atoms with Gasteiger partial charge in [0.15, 0.2) is 5.78 Å². The van der Waals surface area contributed by atoms with Gasteiger partial charge in [0, 0.05) is 47.6 Å². The maximum atomic E-state index is 12.9. The van der Waals surface area contributed by atoms with Gasteiger partial charge in [0.2, 0.25) is 0 Å². The molecule has 0 amide bonds. The number of nitrogens with one attached hydrogen (secondary N) is 1. The normalized spacial score (nSPS) is 15.1. The van der Waals surface area contributed by atoms with Crippen LogP contribution in [-0.4, -0.2) is 33.8 Å². The van der Waals surface area contributed by atoms with Crippen LogP contribution in [0.15, 0.2) is 30.6 Å². The van der Waals surface area contributed by atoms with E-state index in [9.17, 15) is 9.90 Å². The molecule has 2 aromatic heterocycles. The third-order valence-electron chi connectivity index (χ3n) is 4.56. The van der Waals surface area contributed by atoms with Crippen molar-refractivity contribution >= 4 is 25.1 Å². The monoisotopic (exact) mass is 543 g/mol. The molecule has 3 aromatic rings. The molecule has 9 heteroatoms. The summed E-state index contributed by atoms with van der Waals surface area (Å²) in [5.41, 5.74) is 2.62. The van der Waals surface area contributed by atoms with E-state index in [4.69, 9.17) is 0 Å². The second kappa shape index (κ2) is 9.76. The number of aryl methyl sites for hydroxylation is 2. The third-order valence-corrected chi connectivity index (χ3v) is 4.56. The first-order valence-corrected chi connectivity index (χ1v) is 7.49. The Morgan fingerprint density at radius 3 is 2.69 bits per heavy atom. The molecule has 0 spiro atoms. The van der Waals surface area contributed by atoms with Crippen LogP contribution in [0.4, 0.5) is 0 Å². The molecule has 0 radical (unpaired) electrons. The van der Waals surface area contributed by atoms with Gasteiger partial charge in [0.25, 0.3) is 0 Å². The van der Waals surface area contributed by atoms with Crippen LogP contribution in [0, 0.1) is 12.8 Å². The predicted molar refractivity (Wildman–Crippen MR) is 88.8 cm³/mol. The number of ketones is 1. The second-order valence-corrected chi connectivity index (χ2v) is 5.94. The SMILES string of the molecule is Cc1nccn1CC1CCc2[nH]c3cc(O)ccc3c2C1=O.[B+3].[Br-].[Br-].[Br-]. The Morgan fingerprint density at radius 2 is 2.04 bits per heavy atom. The maximum absolute atomic E-state index is 12.9. The fourth-order valence-electron chi connectivity index (χ4n) is 3.37. The number of hydrogen-bond acceptors (Lipinski definition) is 3. The summed E-state index contributed by atoms with van der Waals surface area (Å²) in [6.45, 7) is 2.63. The molecule has 1 unspecified atom stereocenters. The first kappa shape index (κ1) is 24.9. The molecule has 5 nitrogen and oxygen atoms in total. The largest absolute Gasteiger partial charge is 3.00 e. The summed E-state index contributed by atoms with van der Waals surface area (Å²) in [6, 6.07) is 5.13. The Bertz CT molecular complexity index is 895. The van der Waals surface area contributed by atoms with E-state index in [1.807, 2.05) is 23.8 Å². The van der Waals surface area contributed by atoms with E-state index in [1.54, 1.807) is 18.3 Å². The van der Waals surface area contributed by atoms with Crippen molar-refractivity contribution in [2.45, 2.75) is 26.3 Å². The average molecular weight is 546 g/mol. The van der Waals surface area contributed by atoms with Gasteiger partial charge in [0.05, 0.1) is 5.52 Å². The summed E-state index contributed by atoms with van der Waals surface area (Å²) in [4.78, 5) is 20.4. The quantitative estimate of drug-likeness (QED) is 0.315. The number of carbonyl (C=O) groups is 1. The molecule has 1 atom stereocenters. The van der Waals surface area contributed by atoms with Gasteiger partial charge in [0.1, 0.15) is 11.6 Å². The van der Waals surface area contributed by atoms with Gasteiger partial charge in [-0.05, 0) is 31.9 Å². The number of phenols is 1. The van der Waals surface area contributed by atoms with E-state index in [2.05, 4.69) is 9.97 Å². The number of rotatable bonds is 2. The van der Waals surface area contributed by atoms with E-state index >= 15 is 0 Å². The first-order valence-electron chi connectivity index (χ1n) is 7.49. The number of hydrogen-bond donors (Lipinski definition) is 2. The van der Waals surface area contributed by atoms with Crippen LogP contribution in [0.3, 0.4) is 0 Å². The predicted octanol–water partition coefficient (Wildman–Crippen LogP) is -6.55. The van der Waals surface area contributed by atoms with Gasteiger partial charge in [-0.1, -0.05) is 0 Å². The van der Waals surface area contributed by atoms with Crippen molar-refractivity contribution in [1.29, 1.82) is 0 Å². The van der Waals surface area contributed by atoms with E-state index in [0.29, 0.717) is 6.54 Å². The molecule has 0 fully saturated rings. The zero-order chi connectivity index (χ0) is 15.3. The Balaban J connectivity index is 0.00000156. The smallest absolute Gasteiger partial charge is 1.00 e.